The van der Waals surface area contributed by atoms with Crippen LogP contribution >= 0.6 is 0 Å². The van der Waals surface area contributed by atoms with Crippen molar-refractivity contribution < 1.29 is 14.3 Å². The molecule has 0 amide bonds. The van der Waals surface area contributed by atoms with Crippen LogP contribution in [-0.4, -0.2) is 38.3 Å². The monoisotopic (exact) mass is 298 g/mol. The molecule has 20 heavy (non-hydrogen) atoms. The number of ether oxygens (including phenoxy) is 1. The molecule has 0 spiro atoms. The first-order valence-electron chi connectivity index (χ1n) is 7.72. The van der Waals surface area contributed by atoms with E-state index in [1.807, 2.05) is 6.08 Å². The van der Waals surface area contributed by atoms with E-state index in [9.17, 15) is 5.11 Å². The van der Waals surface area contributed by atoms with E-state index in [1.54, 1.807) is 0 Å². The van der Waals surface area contributed by atoms with E-state index in [4.69, 9.17) is 9.16 Å². The Morgan fingerprint density at radius 3 is 2.60 bits per heavy atom. The van der Waals surface area contributed by atoms with Gasteiger partial charge in [0.15, 0.2) is 8.32 Å². The van der Waals surface area contributed by atoms with Gasteiger partial charge in [-0.3, -0.25) is 0 Å². The van der Waals surface area contributed by atoms with Crippen molar-refractivity contribution in [3.8, 4) is 0 Å². The number of rotatable bonds is 5. The van der Waals surface area contributed by atoms with Gasteiger partial charge in [-0.05, 0) is 31.0 Å². The first-order chi connectivity index (χ1) is 9.17. The molecule has 0 radical (unpaired) electrons. The fourth-order valence-corrected chi connectivity index (χ4v) is 4.35. The molecule has 0 aromatic carbocycles. The molecule has 0 unspecified atom stereocenters. The van der Waals surface area contributed by atoms with Crippen LogP contribution in [0.2, 0.25) is 18.1 Å². The summed E-state index contributed by atoms with van der Waals surface area (Å²) in [5, 5.41) is 9.81. The molecule has 3 nitrogen and oxygen atoms in total. The van der Waals surface area contributed by atoms with E-state index >= 15 is 0 Å². The van der Waals surface area contributed by atoms with Crippen molar-refractivity contribution in [1.82, 2.24) is 0 Å². The molecule has 2 saturated heterocycles. The second-order valence-corrected chi connectivity index (χ2v) is 12.7. The highest BCUT2D eigenvalue weighted by Gasteiger charge is 2.58. The fourth-order valence-electron chi connectivity index (χ4n) is 3.32. The van der Waals surface area contributed by atoms with Crippen LogP contribution in [-0.2, 0) is 9.16 Å². The Morgan fingerprint density at radius 1 is 1.45 bits per heavy atom. The molecule has 116 valence electrons. The van der Waals surface area contributed by atoms with Crippen LogP contribution in [0.4, 0.5) is 0 Å². The molecule has 2 fully saturated rings. The van der Waals surface area contributed by atoms with Crippen molar-refractivity contribution in [3.05, 3.63) is 12.7 Å². The largest absolute Gasteiger partial charge is 0.414 e. The Morgan fingerprint density at radius 2 is 2.10 bits per heavy atom. The Hall–Kier alpha value is -0.163. The molecule has 2 aliphatic heterocycles. The minimum atomic E-state index is -1.77. The molecule has 2 heterocycles. The van der Waals surface area contributed by atoms with Crippen molar-refractivity contribution in [3.63, 3.8) is 0 Å². The number of aliphatic hydroxyl groups excluding tert-OH is 1. The molecular formula is C16H30O3Si. The highest BCUT2D eigenvalue weighted by atomic mass is 28.4. The SMILES string of the molecule is C=C[C@H]1[C@@H](CO)[C@@H]2CC[C@@]1(CO[Si](C)(C)C(C)(C)C)O2. The lowest BCUT2D eigenvalue weighted by atomic mass is 9.72. The Bertz CT molecular complexity index is 374. The van der Waals surface area contributed by atoms with Gasteiger partial charge in [0, 0.05) is 18.4 Å². The van der Waals surface area contributed by atoms with Gasteiger partial charge in [-0.2, -0.15) is 0 Å². The van der Waals surface area contributed by atoms with Gasteiger partial charge in [0.2, 0.25) is 0 Å². The summed E-state index contributed by atoms with van der Waals surface area (Å²) in [5.74, 6) is 0.417. The average Bonchev–Trinajstić information content (AvgIpc) is 2.90. The van der Waals surface area contributed by atoms with Crippen LogP contribution in [0.1, 0.15) is 33.6 Å². The normalized spacial score (nSPS) is 37.4. The summed E-state index contributed by atoms with van der Waals surface area (Å²) in [5.41, 5.74) is -0.241. The van der Waals surface area contributed by atoms with Crippen LogP contribution in [0.25, 0.3) is 0 Å². The predicted octanol–water partition coefficient (Wildman–Crippen LogP) is 3.35. The van der Waals surface area contributed by atoms with Gasteiger partial charge in [-0.15, -0.1) is 6.58 Å². The van der Waals surface area contributed by atoms with Gasteiger partial charge < -0.3 is 14.3 Å². The lowest BCUT2D eigenvalue weighted by molar-refractivity contribution is -0.0369. The minimum absolute atomic E-state index is 0.184. The van der Waals surface area contributed by atoms with Gasteiger partial charge in [0.1, 0.15) is 0 Å². The van der Waals surface area contributed by atoms with Crippen LogP contribution < -0.4 is 0 Å². The minimum Gasteiger partial charge on any atom is -0.414 e. The van der Waals surface area contributed by atoms with Crippen molar-refractivity contribution in [1.29, 1.82) is 0 Å². The summed E-state index contributed by atoms with van der Waals surface area (Å²) < 4.78 is 12.6. The fraction of sp³-hybridized carbons (Fsp3) is 0.875. The third-order valence-corrected chi connectivity index (χ3v) is 10.2. The molecule has 2 bridgehead atoms. The average molecular weight is 298 g/mol. The molecular weight excluding hydrogens is 268 g/mol. The Labute approximate surface area is 124 Å². The van der Waals surface area contributed by atoms with E-state index in [1.165, 1.54) is 0 Å². The third-order valence-electron chi connectivity index (χ3n) is 5.73. The first-order valence-corrected chi connectivity index (χ1v) is 10.6. The smallest absolute Gasteiger partial charge is 0.192 e. The summed E-state index contributed by atoms with van der Waals surface area (Å²) in [6.07, 6.45) is 4.22. The van der Waals surface area contributed by atoms with Crippen molar-refractivity contribution in [2.45, 2.75) is 63.5 Å². The summed E-state index contributed by atoms with van der Waals surface area (Å²) in [4.78, 5) is 0. The van der Waals surface area contributed by atoms with Crippen molar-refractivity contribution >= 4 is 8.32 Å². The lowest BCUT2D eigenvalue weighted by Gasteiger charge is -2.41. The van der Waals surface area contributed by atoms with Crippen LogP contribution in [0.15, 0.2) is 12.7 Å². The topological polar surface area (TPSA) is 38.7 Å². The summed E-state index contributed by atoms with van der Waals surface area (Å²) >= 11 is 0. The lowest BCUT2D eigenvalue weighted by Crippen LogP contribution is -2.48. The van der Waals surface area contributed by atoms with Gasteiger partial charge in [0.25, 0.3) is 0 Å². The second kappa shape index (κ2) is 5.23. The van der Waals surface area contributed by atoms with E-state index < -0.39 is 8.32 Å². The zero-order valence-electron chi connectivity index (χ0n) is 13.6. The number of hydrogen-bond donors (Lipinski definition) is 1. The van der Waals surface area contributed by atoms with Crippen LogP contribution in [0.5, 0.6) is 0 Å². The highest BCUT2D eigenvalue weighted by molar-refractivity contribution is 6.74. The summed E-state index contributed by atoms with van der Waals surface area (Å²) in [6, 6.07) is 0. The maximum Gasteiger partial charge on any atom is 0.192 e. The molecule has 4 heteroatoms. The molecule has 0 saturated carbocycles. The van der Waals surface area contributed by atoms with Crippen LogP contribution in [0, 0.1) is 11.8 Å². The quantitative estimate of drug-likeness (QED) is 0.625. The maximum absolute atomic E-state index is 9.60. The molecule has 0 aromatic rings. The number of aliphatic hydroxyl groups is 1. The van der Waals surface area contributed by atoms with E-state index in [0.29, 0.717) is 6.61 Å². The number of hydrogen-bond acceptors (Lipinski definition) is 3. The van der Waals surface area contributed by atoms with Crippen molar-refractivity contribution in [2.75, 3.05) is 13.2 Å². The molecule has 2 aliphatic rings. The van der Waals surface area contributed by atoms with E-state index in [-0.39, 0.29) is 35.2 Å². The zero-order valence-corrected chi connectivity index (χ0v) is 14.6. The zero-order chi connectivity index (χ0) is 15.2. The Balaban J connectivity index is 2.11. The summed E-state index contributed by atoms with van der Waals surface area (Å²) in [7, 11) is -1.77. The highest BCUT2D eigenvalue weighted by Crippen LogP contribution is 2.52. The van der Waals surface area contributed by atoms with Crippen molar-refractivity contribution in [2.24, 2.45) is 11.8 Å². The molecule has 0 aliphatic carbocycles. The second-order valence-electron chi connectivity index (χ2n) is 7.92. The summed E-state index contributed by atoms with van der Waals surface area (Å²) in [6.45, 7) is 16.1. The molecule has 1 N–H and O–H groups in total. The van der Waals surface area contributed by atoms with Gasteiger partial charge in [0.05, 0.1) is 18.3 Å². The molecule has 4 atom stereocenters. The van der Waals surface area contributed by atoms with Crippen LogP contribution in [0.3, 0.4) is 0 Å². The van der Waals surface area contributed by atoms with Gasteiger partial charge in [-0.1, -0.05) is 26.8 Å². The standard InChI is InChI=1S/C16H30O3Si/c1-7-13-12(10-17)14-8-9-16(13,19-14)11-18-20(5,6)15(2,3)4/h7,12-14,17H,1,8-11H2,2-6H3/t12-,13+,14+,16+/m1/s1. The molecule has 0 aromatic heterocycles. The third kappa shape index (κ3) is 2.52. The predicted molar refractivity (Wildman–Crippen MR) is 84.2 cm³/mol. The van der Waals surface area contributed by atoms with Gasteiger partial charge >= 0.3 is 0 Å². The molecule has 2 rings (SSSR count). The first kappa shape index (κ1) is 16.2. The Kier molecular flexibility index (Phi) is 4.24. The van der Waals surface area contributed by atoms with E-state index in [2.05, 4.69) is 40.4 Å². The van der Waals surface area contributed by atoms with Gasteiger partial charge in [-0.25, -0.2) is 0 Å². The maximum atomic E-state index is 9.60. The van der Waals surface area contributed by atoms with E-state index in [0.717, 1.165) is 12.8 Å². The number of fused-ring (bicyclic) bond motifs is 2.